The number of hydrogen-bond acceptors (Lipinski definition) is 2. The van der Waals surface area contributed by atoms with Crippen molar-refractivity contribution >= 4 is 26.0 Å². The molecule has 0 heterocycles. The third-order valence-electron chi connectivity index (χ3n) is 2.85. The quantitative estimate of drug-likeness (QED) is 0.766. The first kappa shape index (κ1) is 16.6. The van der Waals surface area contributed by atoms with Crippen molar-refractivity contribution in [3.05, 3.63) is 30.1 Å². The lowest BCUT2D eigenvalue weighted by atomic mass is 9.88. The molecule has 0 aliphatic rings. The molecule has 19 heavy (non-hydrogen) atoms. The second-order valence-corrected chi connectivity index (χ2v) is 7.80. The van der Waals surface area contributed by atoms with Crippen LogP contribution in [-0.4, -0.2) is 20.3 Å². The lowest BCUT2D eigenvalue weighted by Crippen LogP contribution is -2.34. The highest BCUT2D eigenvalue weighted by Gasteiger charge is 2.21. The van der Waals surface area contributed by atoms with E-state index in [4.69, 9.17) is 0 Å². The van der Waals surface area contributed by atoms with Gasteiger partial charge in [-0.3, -0.25) is 0 Å². The molecule has 1 N–H and O–H groups in total. The van der Waals surface area contributed by atoms with Crippen LogP contribution in [0.3, 0.4) is 0 Å². The number of rotatable bonds is 7. The molecule has 3 nitrogen and oxygen atoms in total. The van der Waals surface area contributed by atoms with E-state index in [0.717, 1.165) is 30.3 Å². The highest BCUT2D eigenvalue weighted by atomic mass is 79.9. The molecule has 0 fully saturated rings. The van der Waals surface area contributed by atoms with E-state index >= 15 is 0 Å². The summed E-state index contributed by atoms with van der Waals surface area (Å²) in [5.74, 6) is -0.448. The van der Waals surface area contributed by atoms with Gasteiger partial charge in [-0.15, -0.1) is 0 Å². The largest absolute Gasteiger partial charge is 0.240 e. The molecule has 0 atom stereocenters. The molecule has 0 amide bonds. The first-order chi connectivity index (χ1) is 8.77. The van der Waals surface area contributed by atoms with E-state index in [0.29, 0.717) is 6.54 Å². The van der Waals surface area contributed by atoms with Crippen molar-refractivity contribution in [2.24, 2.45) is 5.41 Å². The minimum atomic E-state index is -3.56. The molecule has 0 radical (unpaired) electrons. The Hall–Kier alpha value is -0.460. The van der Waals surface area contributed by atoms with E-state index in [-0.39, 0.29) is 10.3 Å². The van der Waals surface area contributed by atoms with Gasteiger partial charge in [0.1, 0.15) is 5.82 Å². The van der Waals surface area contributed by atoms with Crippen LogP contribution in [0.15, 0.2) is 29.2 Å². The van der Waals surface area contributed by atoms with Crippen molar-refractivity contribution in [3.8, 4) is 0 Å². The fraction of sp³-hybridized carbons (Fsp3) is 0.538. The Balaban J connectivity index is 2.68. The fourth-order valence-electron chi connectivity index (χ4n) is 1.62. The van der Waals surface area contributed by atoms with Crippen LogP contribution in [-0.2, 0) is 10.0 Å². The van der Waals surface area contributed by atoms with E-state index < -0.39 is 15.8 Å². The van der Waals surface area contributed by atoms with E-state index in [1.807, 2.05) is 13.8 Å². The van der Waals surface area contributed by atoms with E-state index in [9.17, 15) is 12.8 Å². The smallest absolute Gasteiger partial charge is 0.211 e. The first-order valence-corrected chi connectivity index (χ1v) is 8.68. The third kappa shape index (κ3) is 5.58. The Morgan fingerprint density at radius 2 is 1.84 bits per heavy atom. The number of halogens is 2. The predicted octanol–water partition coefficient (Wildman–Crippen LogP) is 3.31. The van der Waals surface area contributed by atoms with Crippen molar-refractivity contribution in [2.45, 2.75) is 31.6 Å². The van der Waals surface area contributed by atoms with Crippen LogP contribution in [0.25, 0.3) is 0 Å². The number of hydrogen-bond donors (Lipinski definition) is 1. The molecule has 0 aliphatic heterocycles. The SMILES string of the molecule is CC(C)(CCCBr)CNS(=O)(=O)c1ccc(F)cc1. The summed E-state index contributed by atoms with van der Waals surface area (Å²) in [6.45, 7) is 4.39. The summed E-state index contributed by atoms with van der Waals surface area (Å²) >= 11 is 3.36. The summed E-state index contributed by atoms with van der Waals surface area (Å²) in [6, 6.07) is 4.82. The average molecular weight is 352 g/mol. The van der Waals surface area contributed by atoms with Gasteiger partial charge in [0.15, 0.2) is 0 Å². The summed E-state index contributed by atoms with van der Waals surface area (Å²) in [5.41, 5.74) is -0.110. The predicted molar refractivity (Wildman–Crippen MR) is 78.4 cm³/mol. The van der Waals surface area contributed by atoms with Crippen LogP contribution in [0.1, 0.15) is 26.7 Å². The maximum atomic E-state index is 12.8. The van der Waals surface area contributed by atoms with Gasteiger partial charge < -0.3 is 0 Å². The second kappa shape index (κ2) is 6.81. The summed E-state index contributed by atoms with van der Waals surface area (Å²) < 4.78 is 39.4. The Kier molecular flexibility index (Phi) is 5.95. The van der Waals surface area contributed by atoms with Crippen molar-refractivity contribution < 1.29 is 12.8 Å². The molecular weight excluding hydrogens is 333 g/mol. The van der Waals surface area contributed by atoms with Crippen LogP contribution in [0.2, 0.25) is 0 Å². The van der Waals surface area contributed by atoms with Crippen LogP contribution in [0.4, 0.5) is 4.39 Å². The summed E-state index contributed by atoms with van der Waals surface area (Å²) in [4.78, 5) is 0.0881. The third-order valence-corrected chi connectivity index (χ3v) is 4.83. The summed E-state index contributed by atoms with van der Waals surface area (Å²) in [7, 11) is -3.56. The van der Waals surface area contributed by atoms with Gasteiger partial charge in [-0.1, -0.05) is 29.8 Å². The highest BCUT2D eigenvalue weighted by molar-refractivity contribution is 9.09. The Bertz CT molecular complexity index is 500. The molecule has 0 unspecified atom stereocenters. The number of benzene rings is 1. The summed E-state index contributed by atoms with van der Waals surface area (Å²) in [5, 5.41) is 0.904. The fourth-order valence-corrected chi connectivity index (χ4v) is 3.14. The second-order valence-electron chi connectivity index (χ2n) is 5.24. The molecular formula is C13H19BrFNO2S. The molecule has 108 valence electrons. The molecule has 0 saturated carbocycles. The van der Waals surface area contributed by atoms with Crippen molar-refractivity contribution in [2.75, 3.05) is 11.9 Å². The zero-order valence-electron chi connectivity index (χ0n) is 11.1. The Labute approximate surface area is 122 Å². The van der Waals surface area contributed by atoms with Gasteiger partial charge in [0.2, 0.25) is 10.0 Å². The van der Waals surface area contributed by atoms with E-state index in [1.54, 1.807) is 0 Å². The number of sulfonamides is 1. The van der Waals surface area contributed by atoms with Gasteiger partial charge in [0.05, 0.1) is 4.90 Å². The van der Waals surface area contributed by atoms with E-state index in [2.05, 4.69) is 20.7 Å². The van der Waals surface area contributed by atoms with Crippen molar-refractivity contribution in [1.29, 1.82) is 0 Å². The van der Waals surface area contributed by atoms with Crippen LogP contribution in [0.5, 0.6) is 0 Å². The number of alkyl halides is 1. The van der Waals surface area contributed by atoms with Crippen LogP contribution in [0, 0.1) is 11.2 Å². The minimum Gasteiger partial charge on any atom is -0.211 e. The van der Waals surface area contributed by atoms with Gasteiger partial charge in [-0.2, -0.15) is 0 Å². The lowest BCUT2D eigenvalue weighted by Gasteiger charge is -2.24. The normalized spacial score (nSPS) is 12.6. The molecule has 1 rings (SSSR count). The molecule has 0 aliphatic carbocycles. The maximum Gasteiger partial charge on any atom is 0.240 e. The lowest BCUT2D eigenvalue weighted by molar-refractivity contribution is 0.332. The monoisotopic (exact) mass is 351 g/mol. The van der Waals surface area contributed by atoms with Gasteiger partial charge in [-0.05, 0) is 42.5 Å². The molecule has 0 saturated heterocycles. The molecule has 1 aromatic carbocycles. The Morgan fingerprint density at radius 1 is 1.26 bits per heavy atom. The van der Waals surface area contributed by atoms with Gasteiger partial charge >= 0.3 is 0 Å². The highest BCUT2D eigenvalue weighted by Crippen LogP contribution is 2.22. The molecule has 0 bridgehead atoms. The first-order valence-electron chi connectivity index (χ1n) is 6.08. The average Bonchev–Trinajstić information content (AvgIpc) is 2.35. The maximum absolute atomic E-state index is 12.8. The van der Waals surface area contributed by atoms with Gasteiger partial charge in [0.25, 0.3) is 0 Å². The van der Waals surface area contributed by atoms with Crippen molar-refractivity contribution in [3.63, 3.8) is 0 Å². The standard InChI is InChI=1S/C13H19BrFNO2S/c1-13(2,8-3-9-14)10-16-19(17,18)12-6-4-11(15)5-7-12/h4-7,16H,3,8-10H2,1-2H3. The van der Waals surface area contributed by atoms with Crippen molar-refractivity contribution in [1.82, 2.24) is 4.72 Å². The molecule has 0 spiro atoms. The van der Waals surface area contributed by atoms with Gasteiger partial charge in [-0.25, -0.2) is 17.5 Å². The van der Waals surface area contributed by atoms with E-state index in [1.165, 1.54) is 12.1 Å². The summed E-state index contributed by atoms with van der Waals surface area (Å²) in [6.07, 6.45) is 1.91. The molecule has 1 aromatic rings. The van der Waals surface area contributed by atoms with Crippen LogP contribution < -0.4 is 4.72 Å². The molecule has 0 aromatic heterocycles. The topological polar surface area (TPSA) is 46.2 Å². The molecule has 6 heteroatoms. The zero-order chi connectivity index (χ0) is 14.5. The minimum absolute atomic E-state index is 0.0881. The zero-order valence-corrected chi connectivity index (χ0v) is 13.5. The Morgan fingerprint density at radius 3 is 2.37 bits per heavy atom. The van der Waals surface area contributed by atoms with Gasteiger partial charge in [0, 0.05) is 11.9 Å². The van der Waals surface area contributed by atoms with Crippen LogP contribution >= 0.6 is 15.9 Å². The number of nitrogens with one attached hydrogen (secondary N) is 1.